The molecule has 7 heteroatoms. The van der Waals surface area contributed by atoms with Crippen LogP contribution in [0.4, 0.5) is 11.5 Å². The summed E-state index contributed by atoms with van der Waals surface area (Å²) in [7, 11) is 3.82. The van der Waals surface area contributed by atoms with Gasteiger partial charge in [-0.2, -0.15) is 0 Å². The predicted molar refractivity (Wildman–Crippen MR) is 113 cm³/mol. The second kappa shape index (κ2) is 7.58. The summed E-state index contributed by atoms with van der Waals surface area (Å²) in [6.45, 7) is 1.78. The van der Waals surface area contributed by atoms with Gasteiger partial charge in [0, 0.05) is 22.7 Å². The second-order valence-electron chi connectivity index (χ2n) is 7.06. The van der Waals surface area contributed by atoms with Crippen LogP contribution in [0, 0.1) is 12.3 Å². The molecule has 3 heterocycles. The molecule has 0 saturated carbocycles. The van der Waals surface area contributed by atoms with Crippen molar-refractivity contribution in [2.75, 3.05) is 32.5 Å². The molecule has 0 aliphatic carbocycles. The normalized spacial score (nSPS) is 13.4. The van der Waals surface area contributed by atoms with Crippen molar-refractivity contribution in [1.29, 1.82) is 0 Å². The van der Waals surface area contributed by atoms with Gasteiger partial charge in [-0.05, 0) is 44.3 Å². The first-order valence-corrected chi connectivity index (χ1v) is 9.88. The number of terminal acetylenes is 1. The fraction of sp³-hybridized carbons (Fsp3) is 0.286. The van der Waals surface area contributed by atoms with Crippen molar-refractivity contribution < 1.29 is 4.79 Å². The van der Waals surface area contributed by atoms with Crippen LogP contribution >= 0.6 is 11.3 Å². The zero-order valence-corrected chi connectivity index (χ0v) is 16.7. The fourth-order valence-corrected chi connectivity index (χ4v) is 4.63. The summed E-state index contributed by atoms with van der Waals surface area (Å²) >= 11 is 1.64. The third kappa shape index (κ3) is 3.57. The van der Waals surface area contributed by atoms with Crippen LogP contribution in [-0.2, 0) is 17.8 Å². The standard InChI is InChI=1S/C21H21N5OS/c1-4-14-6-5-7-15(10-14)24-20-19-16-8-9-26(18(27)12-25(2)3)11-17(16)28-21(19)23-13-22-20/h1,5-7,10,13H,8-9,11-12H2,2-3H3,(H,22,23,24). The van der Waals surface area contributed by atoms with Crippen molar-refractivity contribution in [2.45, 2.75) is 13.0 Å². The molecule has 0 radical (unpaired) electrons. The molecule has 0 saturated heterocycles. The lowest BCUT2D eigenvalue weighted by Crippen LogP contribution is -2.40. The maximum absolute atomic E-state index is 12.4. The van der Waals surface area contributed by atoms with Crippen LogP contribution in [0.3, 0.4) is 0 Å². The van der Waals surface area contributed by atoms with Crippen LogP contribution in [0.15, 0.2) is 30.6 Å². The minimum atomic E-state index is 0.156. The molecule has 0 unspecified atom stereocenters. The van der Waals surface area contributed by atoms with Gasteiger partial charge >= 0.3 is 0 Å². The maximum Gasteiger partial charge on any atom is 0.237 e. The maximum atomic E-state index is 12.4. The van der Waals surface area contributed by atoms with E-state index in [1.165, 1.54) is 10.4 Å². The molecule has 0 spiro atoms. The summed E-state index contributed by atoms with van der Waals surface area (Å²) < 4.78 is 0. The molecule has 4 rings (SSSR count). The number of carbonyl (C=O) groups is 1. The molecule has 2 aromatic heterocycles. The molecule has 1 N–H and O–H groups in total. The van der Waals surface area contributed by atoms with E-state index in [9.17, 15) is 4.79 Å². The number of benzene rings is 1. The Labute approximate surface area is 168 Å². The van der Waals surface area contributed by atoms with Crippen LogP contribution in [-0.4, -0.2) is 52.9 Å². The van der Waals surface area contributed by atoms with Crippen LogP contribution < -0.4 is 5.32 Å². The number of rotatable bonds is 4. The summed E-state index contributed by atoms with van der Waals surface area (Å²) in [6, 6.07) is 7.71. The highest BCUT2D eigenvalue weighted by Crippen LogP contribution is 2.38. The number of nitrogens with zero attached hydrogens (tertiary/aromatic N) is 4. The highest BCUT2D eigenvalue weighted by Gasteiger charge is 2.26. The lowest BCUT2D eigenvalue weighted by Gasteiger charge is -2.28. The molecule has 0 fully saturated rings. The quantitative estimate of drug-likeness (QED) is 0.693. The topological polar surface area (TPSA) is 61.4 Å². The number of aromatic nitrogens is 2. The lowest BCUT2D eigenvalue weighted by atomic mass is 10.0. The van der Waals surface area contributed by atoms with E-state index in [4.69, 9.17) is 6.42 Å². The Morgan fingerprint density at radius 1 is 1.39 bits per heavy atom. The number of amides is 1. The highest BCUT2D eigenvalue weighted by molar-refractivity contribution is 7.19. The van der Waals surface area contributed by atoms with E-state index < -0.39 is 0 Å². The van der Waals surface area contributed by atoms with E-state index in [0.717, 1.165) is 33.7 Å². The number of anilines is 2. The fourth-order valence-electron chi connectivity index (χ4n) is 3.43. The van der Waals surface area contributed by atoms with E-state index in [0.29, 0.717) is 19.6 Å². The average molecular weight is 392 g/mol. The second-order valence-corrected chi connectivity index (χ2v) is 8.14. The average Bonchev–Trinajstić information content (AvgIpc) is 3.06. The number of hydrogen-bond donors (Lipinski definition) is 1. The third-order valence-corrected chi connectivity index (χ3v) is 5.86. The van der Waals surface area contributed by atoms with Gasteiger partial charge in [0.25, 0.3) is 0 Å². The molecule has 0 atom stereocenters. The van der Waals surface area contributed by atoms with Gasteiger partial charge in [0.2, 0.25) is 5.91 Å². The Morgan fingerprint density at radius 3 is 3.04 bits per heavy atom. The van der Waals surface area contributed by atoms with Crippen molar-refractivity contribution in [1.82, 2.24) is 19.8 Å². The van der Waals surface area contributed by atoms with E-state index in [2.05, 4.69) is 21.2 Å². The Balaban J connectivity index is 1.66. The molecule has 0 bridgehead atoms. The molecule has 1 amide bonds. The Morgan fingerprint density at radius 2 is 2.25 bits per heavy atom. The zero-order valence-electron chi connectivity index (χ0n) is 15.9. The van der Waals surface area contributed by atoms with Gasteiger partial charge in [-0.1, -0.05) is 12.0 Å². The first kappa shape index (κ1) is 18.4. The van der Waals surface area contributed by atoms with Crippen molar-refractivity contribution in [3.8, 4) is 12.3 Å². The van der Waals surface area contributed by atoms with Crippen molar-refractivity contribution in [3.63, 3.8) is 0 Å². The predicted octanol–water partition coefficient (Wildman–Crippen LogP) is 2.86. The van der Waals surface area contributed by atoms with Gasteiger partial charge in [-0.15, -0.1) is 17.8 Å². The Hall–Kier alpha value is -2.95. The number of thiophene rings is 1. The van der Waals surface area contributed by atoms with E-state index >= 15 is 0 Å². The minimum absolute atomic E-state index is 0.156. The van der Waals surface area contributed by atoms with Crippen molar-refractivity contribution in [3.05, 3.63) is 46.6 Å². The molecule has 3 aromatic rings. The van der Waals surface area contributed by atoms with Gasteiger partial charge in [-0.3, -0.25) is 4.79 Å². The number of carbonyl (C=O) groups excluding carboxylic acids is 1. The largest absolute Gasteiger partial charge is 0.340 e. The number of fused-ring (bicyclic) bond motifs is 3. The Kier molecular flexibility index (Phi) is 4.99. The van der Waals surface area contributed by atoms with Gasteiger partial charge in [0.15, 0.2) is 0 Å². The van der Waals surface area contributed by atoms with Crippen molar-refractivity contribution >= 4 is 39.0 Å². The number of nitrogens with one attached hydrogen (secondary N) is 1. The van der Waals surface area contributed by atoms with Gasteiger partial charge in [0.1, 0.15) is 17.0 Å². The van der Waals surface area contributed by atoms with Gasteiger partial charge < -0.3 is 15.1 Å². The summed E-state index contributed by atoms with van der Waals surface area (Å²) in [4.78, 5) is 27.3. The smallest absolute Gasteiger partial charge is 0.237 e. The third-order valence-electron chi connectivity index (χ3n) is 4.73. The van der Waals surface area contributed by atoms with Crippen LogP contribution in [0.5, 0.6) is 0 Å². The van der Waals surface area contributed by atoms with Crippen LogP contribution in [0.1, 0.15) is 16.0 Å². The lowest BCUT2D eigenvalue weighted by molar-refractivity contribution is -0.132. The summed E-state index contributed by atoms with van der Waals surface area (Å²) in [5, 5.41) is 4.44. The SMILES string of the molecule is C#Cc1cccc(Nc2ncnc3sc4c(c23)CCN(C(=O)CN(C)C)C4)c1. The van der Waals surface area contributed by atoms with Crippen molar-refractivity contribution in [2.24, 2.45) is 0 Å². The van der Waals surface area contributed by atoms with E-state index in [1.807, 2.05) is 48.2 Å². The summed E-state index contributed by atoms with van der Waals surface area (Å²) in [5.74, 6) is 3.59. The Bertz CT molecular complexity index is 1080. The van der Waals surface area contributed by atoms with Gasteiger partial charge in [-0.25, -0.2) is 9.97 Å². The first-order chi connectivity index (χ1) is 13.5. The van der Waals surface area contributed by atoms with Gasteiger partial charge in [0.05, 0.1) is 18.5 Å². The molecule has 1 aliphatic heterocycles. The molecule has 142 valence electrons. The van der Waals surface area contributed by atoms with E-state index in [1.54, 1.807) is 17.7 Å². The van der Waals surface area contributed by atoms with E-state index in [-0.39, 0.29) is 5.91 Å². The molecule has 1 aromatic carbocycles. The van der Waals surface area contributed by atoms with Crippen LogP contribution in [0.25, 0.3) is 10.2 Å². The molecule has 1 aliphatic rings. The first-order valence-electron chi connectivity index (χ1n) is 9.06. The molecular weight excluding hydrogens is 370 g/mol. The summed E-state index contributed by atoms with van der Waals surface area (Å²) in [5.41, 5.74) is 2.96. The molecule has 28 heavy (non-hydrogen) atoms. The van der Waals surface area contributed by atoms with Crippen LogP contribution in [0.2, 0.25) is 0 Å². The number of hydrogen-bond acceptors (Lipinski definition) is 6. The summed E-state index contributed by atoms with van der Waals surface area (Å²) in [6.07, 6.45) is 7.89. The molecular formula is C21H21N5OS. The monoisotopic (exact) mass is 391 g/mol. The minimum Gasteiger partial charge on any atom is -0.340 e. The number of likely N-dealkylation sites (N-methyl/N-ethyl adjacent to an activating group) is 1. The highest BCUT2D eigenvalue weighted by atomic mass is 32.1. The zero-order chi connectivity index (χ0) is 19.7. The molecule has 6 nitrogen and oxygen atoms in total.